The molecule has 0 saturated heterocycles. The summed E-state index contributed by atoms with van der Waals surface area (Å²) in [5.41, 5.74) is 7.10. The molecule has 0 spiro atoms. The zero-order valence-corrected chi connectivity index (χ0v) is 7.50. The van der Waals surface area contributed by atoms with Crippen LogP contribution in [-0.2, 0) is 13.0 Å². The minimum Gasteiger partial charge on any atom is -0.399 e. The molecule has 0 amide bonds. The standard InChI is InChI=1S/C9H14N2O/c1-3-8-5-7(10)6-9(12)11(8)4-2/h5-6H,3-4,10H2,1-2H3. The fraction of sp³-hybridized carbons (Fsp3) is 0.444. The molecule has 3 nitrogen and oxygen atoms in total. The van der Waals surface area contributed by atoms with E-state index in [0.29, 0.717) is 12.2 Å². The van der Waals surface area contributed by atoms with Crippen molar-refractivity contribution >= 4 is 5.69 Å². The summed E-state index contributed by atoms with van der Waals surface area (Å²) in [6, 6.07) is 3.31. The number of nitrogens with zero attached hydrogens (tertiary/aromatic N) is 1. The molecule has 1 rings (SSSR count). The summed E-state index contributed by atoms with van der Waals surface area (Å²) in [5.74, 6) is 0. The normalized spacial score (nSPS) is 10.2. The molecule has 0 aliphatic rings. The first kappa shape index (κ1) is 8.84. The van der Waals surface area contributed by atoms with Gasteiger partial charge in [0, 0.05) is 24.0 Å². The van der Waals surface area contributed by atoms with Gasteiger partial charge in [-0.15, -0.1) is 0 Å². The molecule has 2 N–H and O–H groups in total. The molecule has 1 aromatic heterocycles. The molecular formula is C9H14N2O. The highest BCUT2D eigenvalue weighted by molar-refractivity contribution is 5.37. The van der Waals surface area contributed by atoms with Crippen LogP contribution in [0.15, 0.2) is 16.9 Å². The monoisotopic (exact) mass is 166 g/mol. The van der Waals surface area contributed by atoms with Crippen molar-refractivity contribution in [3.8, 4) is 0 Å². The Labute approximate surface area is 71.8 Å². The second kappa shape index (κ2) is 3.43. The molecule has 3 heteroatoms. The lowest BCUT2D eigenvalue weighted by molar-refractivity contribution is 0.682. The van der Waals surface area contributed by atoms with Gasteiger partial charge in [0.1, 0.15) is 0 Å². The van der Waals surface area contributed by atoms with E-state index in [0.717, 1.165) is 12.1 Å². The van der Waals surface area contributed by atoms with E-state index >= 15 is 0 Å². The second-order valence-corrected chi connectivity index (χ2v) is 2.72. The largest absolute Gasteiger partial charge is 0.399 e. The van der Waals surface area contributed by atoms with Crippen molar-refractivity contribution in [1.82, 2.24) is 4.57 Å². The van der Waals surface area contributed by atoms with Crippen LogP contribution >= 0.6 is 0 Å². The van der Waals surface area contributed by atoms with Crippen LogP contribution < -0.4 is 11.3 Å². The summed E-state index contributed by atoms with van der Waals surface area (Å²) in [6.45, 7) is 4.68. The Bertz CT molecular complexity index is 328. The van der Waals surface area contributed by atoms with Crippen molar-refractivity contribution in [2.45, 2.75) is 26.8 Å². The van der Waals surface area contributed by atoms with Gasteiger partial charge in [0.2, 0.25) is 0 Å². The highest BCUT2D eigenvalue weighted by Crippen LogP contribution is 2.03. The number of aromatic nitrogens is 1. The molecule has 1 aromatic rings. The third kappa shape index (κ3) is 1.49. The van der Waals surface area contributed by atoms with E-state index in [-0.39, 0.29) is 5.56 Å². The lowest BCUT2D eigenvalue weighted by atomic mass is 10.2. The first-order valence-electron chi connectivity index (χ1n) is 4.18. The summed E-state index contributed by atoms with van der Waals surface area (Å²) in [6.07, 6.45) is 0.841. The lowest BCUT2D eigenvalue weighted by Crippen LogP contribution is -2.22. The van der Waals surface area contributed by atoms with Crippen molar-refractivity contribution in [2.75, 3.05) is 5.73 Å². The third-order valence-electron chi connectivity index (χ3n) is 1.91. The predicted octanol–water partition coefficient (Wildman–Crippen LogP) is 1.01. The SMILES string of the molecule is CCc1cc(N)cc(=O)n1CC. The Hall–Kier alpha value is -1.25. The minimum absolute atomic E-state index is 0.00523. The molecule has 0 radical (unpaired) electrons. The number of hydrogen-bond acceptors (Lipinski definition) is 2. The van der Waals surface area contributed by atoms with Gasteiger partial charge in [-0.1, -0.05) is 6.92 Å². The van der Waals surface area contributed by atoms with Crippen molar-refractivity contribution in [3.63, 3.8) is 0 Å². The zero-order chi connectivity index (χ0) is 9.14. The fourth-order valence-corrected chi connectivity index (χ4v) is 1.33. The molecule has 66 valence electrons. The molecule has 0 aliphatic heterocycles. The van der Waals surface area contributed by atoms with Gasteiger partial charge < -0.3 is 10.3 Å². The van der Waals surface area contributed by atoms with E-state index in [1.165, 1.54) is 6.07 Å². The van der Waals surface area contributed by atoms with Crippen molar-refractivity contribution in [3.05, 3.63) is 28.2 Å². The molecule has 0 aromatic carbocycles. The number of anilines is 1. The van der Waals surface area contributed by atoms with Crippen LogP contribution in [0.5, 0.6) is 0 Å². The zero-order valence-electron chi connectivity index (χ0n) is 7.50. The maximum absolute atomic E-state index is 11.3. The van der Waals surface area contributed by atoms with Gasteiger partial charge in [0.05, 0.1) is 0 Å². The van der Waals surface area contributed by atoms with Crippen LogP contribution in [0.3, 0.4) is 0 Å². The summed E-state index contributed by atoms with van der Waals surface area (Å²) in [5, 5.41) is 0. The average Bonchev–Trinajstić information content (AvgIpc) is 2.03. The second-order valence-electron chi connectivity index (χ2n) is 2.72. The molecule has 0 saturated carbocycles. The number of nitrogens with two attached hydrogens (primary N) is 1. The number of hydrogen-bond donors (Lipinski definition) is 1. The average molecular weight is 166 g/mol. The van der Waals surface area contributed by atoms with Crippen LogP contribution in [0.4, 0.5) is 5.69 Å². The van der Waals surface area contributed by atoms with E-state index in [1.807, 2.05) is 19.9 Å². The summed E-state index contributed by atoms with van der Waals surface area (Å²) < 4.78 is 1.73. The molecule has 0 atom stereocenters. The Morgan fingerprint density at radius 2 is 2.08 bits per heavy atom. The fourth-order valence-electron chi connectivity index (χ4n) is 1.33. The van der Waals surface area contributed by atoms with Crippen LogP contribution in [0.1, 0.15) is 19.5 Å². The van der Waals surface area contributed by atoms with Crippen LogP contribution in [0.2, 0.25) is 0 Å². The smallest absolute Gasteiger partial charge is 0.252 e. The first-order chi connectivity index (χ1) is 5.69. The minimum atomic E-state index is -0.00523. The van der Waals surface area contributed by atoms with Gasteiger partial charge in [-0.05, 0) is 19.4 Å². The van der Waals surface area contributed by atoms with Gasteiger partial charge in [-0.2, -0.15) is 0 Å². The van der Waals surface area contributed by atoms with Crippen LogP contribution in [0.25, 0.3) is 0 Å². The maximum Gasteiger partial charge on any atom is 0.252 e. The third-order valence-corrected chi connectivity index (χ3v) is 1.91. The van der Waals surface area contributed by atoms with Crippen molar-refractivity contribution < 1.29 is 0 Å². The van der Waals surface area contributed by atoms with Gasteiger partial charge in [0.25, 0.3) is 5.56 Å². The highest BCUT2D eigenvalue weighted by atomic mass is 16.1. The van der Waals surface area contributed by atoms with Gasteiger partial charge >= 0.3 is 0 Å². The molecule has 12 heavy (non-hydrogen) atoms. The molecular weight excluding hydrogens is 152 g/mol. The Morgan fingerprint density at radius 1 is 1.42 bits per heavy atom. The summed E-state index contributed by atoms with van der Waals surface area (Å²) >= 11 is 0. The number of nitrogen functional groups attached to an aromatic ring is 1. The van der Waals surface area contributed by atoms with E-state index in [1.54, 1.807) is 4.57 Å². The van der Waals surface area contributed by atoms with Gasteiger partial charge in [-0.3, -0.25) is 4.79 Å². The number of rotatable bonds is 2. The Kier molecular flexibility index (Phi) is 2.53. The van der Waals surface area contributed by atoms with Gasteiger partial charge in [0.15, 0.2) is 0 Å². The highest BCUT2D eigenvalue weighted by Gasteiger charge is 2.00. The molecule has 0 unspecified atom stereocenters. The molecule has 0 bridgehead atoms. The van der Waals surface area contributed by atoms with E-state index in [4.69, 9.17) is 5.73 Å². The van der Waals surface area contributed by atoms with Crippen molar-refractivity contribution in [1.29, 1.82) is 0 Å². The van der Waals surface area contributed by atoms with E-state index in [9.17, 15) is 4.79 Å². The Balaban J connectivity index is 3.34. The molecule has 0 fully saturated rings. The van der Waals surface area contributed by atoms with Gasteiger partial charge in [-0.25, -0.2) is 0 Å². The molecule has 1 heterocycles. The van der Waals surface area contributed by atoms with E-state index < -0.39 is 0 Å². The Morgan fingerprint density at radius 3 is 2.58 bits per heavy atom. The summed E-state index contributed by atoms with van der Waals surface area (Å²) in [7, 11) is 0. The number of pyridine rings is 1. The topological polar surface area (TPSA) is 48.0 Å². The quantitative estimate of drug-likeness (QED) is 0.712. The summed E-state index contributed by atoms with van der Waals surface area (Å²) in [4.78, 5) is 11.3. The van der Waals surface area contributed by atoms with Crippen LogP contribution in [0, 0.1) is 0 Å². The first-order valence-corrected chi connectivity index (χ1v) is 4.18. The van der Waals surface area contributed by atoms with Crippen molar-refractivity contribution in [2.24, 2.45) is 0 Å². The predicted molar refractivity (Wildman–Crippen MR) is 50.2 cm³/mol. The lowest BCUT2D eigenvalue weighted by Gasteiger charge is -2.08. The maximum atomic E-state index is 11.3. The number of aryl methyl sites for hydroxylation is 1. The van der Waals surface area contributed by atoms with E-state index in [2.05, 4.69) is 0 Å². The molecule has 0 aliphatic carbocycles. The van der Waals surface area contributed by atoms with Crippen LogP contribution in [-0.4, -0.2) is 4.57 Å².